The third-order valence-electron chi connectivity index (χ3n) is 1.86. The lowest BCUT2D eigenvalue weighted by molar-refractivity contribution is 0.200. The van der Waals surface area contributed by atoms with E-state index in [2.05, 4.69) is 29.6 Å². The Kier molecular flexibility index (Phi) is 5.71. The van der Waals surface area contributed by atoms with Gasteiger partial charge in [0.05, 0.1) is 6.61 Å². The molecule has 1 rings (SSSR count). The monoisotopic (exact) mass is 191 g/mol. The molecule has 0 heterocycles. The van der Waals surface area contributed by atoms with Crippen LogP contribution in [-0.2, 0) is 4.74 Å². The summed E-state index contributed by atoms with van der Waals surface area (Å²) in [5, 5.41) is 3.24. The van der Waals surface area contributed by atoms with E-state index in [0.717, 1.165) is 19.7 Å². The van der Waals surface area contributed by atoms with Gasteiger partial charge >= 0.3 is 0 Å². The Hall–Kier alpha value is -1.12. The first kappa shape index (κ1) is 11.0. The van der Waals surface area contributed by atoms with E-state index in [4.69, 9.17) is 4.74 Å². The summed E-state index contributed by atoms with van der Waals surface area (Å²) in [7, 11) is 1.71. The standard InChI is InChI=1S/C12H17NO/c1-14-11-10-13-9-5-8-12-6-3-2-4-7-12/h2-8,13H,9-11H2,1H3. The Bertz CT molecular complexity index is 256. The maximum atomic E-state index is 4.92. The third kappa shape index (κ3) is 4.80. The van der Waals surface area contributed by atoms with Crippen molar-refractivity contribution in [3.63, 3.8) is 0 Å². The molecule has 14 heavy (non-hydrogen) atoms. The highest BCUT2D eigenvalue weighted by Gasteiger charge is 1.83. The zero-order valence-corrected chi connectivity index (χ0v) is 8.57. The number of hydrogen-bond donors (Lipinski definition) is 1. The van der Waals surface area contributed by atoms with E-state index in [9.17, 15) is 0 Å². The van der Waals surface area contributed by atoms with E-state index >= 15 is 0 Å². The highest BCUT2D eigenvalue weighted by atomic mass is 16.5. The quantitative estimate of drug-likeness (QED) is 0.694. The van der Waals surface area contributed by atoms with Crippen LogP contribution in [0.5, 0.6) is 0 Å². The van der Waals surface area contributed by atoms with Gasteiger partial charge in [0, 0.05) is 20.2 Å². The first-order chi connectivity index (χ1) is 6.93. The highest BCUT2D eigenvalue weighted by molar-refractivity contribution is 5.48. The summed E-state index contributed by atoms with van der Waals surface area (Å²) in [5.74, 6) is 0. The fourth-order valence-electron chi connectivity index (χ4n) is 1.12. The second-order valence-corrected chi connectivity index (χ2v) is 3.01. The van der Waals surface area contributed by atoms with E-state index in [0.29, 0.717) is 0 Å². The number of nitrogens with one attached hydrogen (secondary N) is 1. The minimum atomic E-state index is 0.763. The first-order valence-electron chi connectivity index (χ1n) is 4.84. The Labute approximate surface area is 85.6 Å². The fraction of sp³-hybridized carbons (Fsp3) is 0.333. The summed E-state index contributed by atoms with van der Waals surface area (Å²) < 4.78 is 4.92. The largest absolute Gasteiger partial charge is 0.383 e. The molecule has 0 saturated heterocycles. The van der Waals surface area contributed by atoms with Gasteiger partial charge in [-0.2, -0.15) is 0 Å². The van der Waals surface area contributed by atoms with Crippen molar-refractivity contribution in [2.45, 2.75) is 0 Å². The zero-order chi connectivity index (χ0) is 10.1. The molecule has 2 nitrogen and oxygen atoms in total. The molecule has 0 atom stereocenters. The Morgan fingerprint density at radius 1 is 1.29 bits per heavy atom. The molecule has 0 spiro atoms. The molecule has 2 heteroatoms. The second-order valence-electron chi connectivity index (χ2n) is 3.01. The summed E-state index contributed by atoms with van der Waals surface area (Å²) >= 11 is 0. The van der Waals surface area contributed by atoms with E-state index in [1.165, 1.54) is 5.56 Å². The molecule has 0 aliphatic heterocycles. The fourth-order valence-corrected chi connectivity index (χ4v) is 1.12. The molecule has 0 saturated carbocycles. The molecule has 0 bridgehead atoms. The number of rotatable bonds is 6. The number of methoxy groups -OCH3 is 1. The van der Waals surface area contributed by atoms with Gasteiger partial charge in [0.25, 0.3) is 0 Å². The van der Waals surface area contributed by atoms with Gasteiger partial charge in [0.2, 0.25) is 0 Å². The smallest absolute Gasteiger partial charge is 0.0587 e. The van der Waals surface area contributed by atoms with E-state index in [-0.39, 0.29) is 0 Å². The van der Waals surface area contributed by atoms with Crippen molar-refractivity contribution >= 4 is 6.08 Å². The minimum absolute atomic E-state index is 0.763. The zero-order valence-electron chi connectivity index (χ0n) is 8.57. The van der Waals surface area contributed by atoms with Crippen molar-refractivity contribution in [3.05, 3.63) is 42.0 Å². The molecule has 0 amide bonds. The van der Waals surface area contributed by atoms with Crippen LogP contribution in [0.25, 0.3) is 6.08 Å². The van der Waals surface area contributed by atoms with Crippen LogP contribution < -0.4 is 5.32 Å². The van der Waals surface area contributed by atoms with Crippen LogP contribution in [0.2, 0.25) is 0 Å². The second kappa shape index (κ2) is 7.30. The van der Waals surface area contributed by atoms with Gasteiger partial charge in [-0.3, -0.25) is 0 Å². The number of benzene rings is 1. The third-order valence-corrected chi connectivity index (χ3v) is 1.86. The van der Waals surface area contributed by atoms with Gasteiger partial charge in [-0.25, -0.2) is 0 Å². The Morgan fingerprint density at radius 2 is 2.07 bits per heavy atom. The minimum Gasteiger partial charge on any atom is -0.383 e. The van der Waals surface area contributed by atoms with Crippen molar-refractivity contribution in [3.8, 4) is 0 Å². The van der Waals surface area contributed by atoms with Gasteiger partial charge in [-0.1, -0.05) is 42.5 Å². The lowest BCUT2D eigenvalue weighted by atomic mass is 10.2. The Morgan fingerprint density at radius 3 is 2.79 bits per heavy atom. The summed E-state index contributed by atoms with van der Waals surface area (Å²) in [4.78, 5) is 0. The van der Waals surface area contributed by atoms with Crippen LogP contribution >= 0.6 is 0 Å². The normalized spacial score (nSPS) is 10.9. The lowest BCUT2D eigenvalue weighted by Gasteiger charge is -1.98. The molecule has 1 aromatic rings. The van der Waals surface area contributed by atoms with Crippen molar-refractivity contribution in [2.24, 2.45) is 0 Å². The van der Waals surface area contributed by atoms with E-state index in [1.54, 1.807) is 7.11 Å². The molecule has 0 unspecified atom stereocenters. The predicted octanol–water partition coefficient (Wildman–Crippen LogP) is 1.94. The molecule has 0 aliphatic rings. The Balaban J connectivity index is 2.15. The molecule has 76 valence electrons. The topological polar surface area (TPSA) is 21.3 Å². The van der Waals surface area contributed by atoms with Crippen molar-refractivity contribution < 1.29 is 4.74 Å². The highest BCUT2D eigenvalue weighted by Crippen LogP contribution is 1.99. The molecule has 0 radical (unpaired) electrons. The van der Waals surface area contributed by atoms with Gasteiger partial charge in [0.15, 0.2) is 0 Å². The average molecular weight is 191 g/mol. The van der Waals surface area contributed by atoms with E-state index < -0.39 is 0 Å². The van der Waals surface area contributed by atoms with Crippen LogP contribution in [0.3, 0.4) is 0 Å². The summed E-state index contributed by atoms with van der Waals surface area (Å²) in [5.41, 5.74) is 1.24. The van der Waals surface area contributed by atoms with Gasteiger partial charge in [0.1, 0.15) is 0 Å². The molecule has 0 aliphatic carbocycles. The van der Waals surface area contributed by atoms with E-state index in [1.807, 2.05) is 18.2 Å². The van der Waals surface area contributed by atoms with Crippen LogP contribution in [0.15, 0.2) is 36.4 Å². The molecule has 1 aromatic carbocycles. The van der Waals surface area contributed by atoms with Crippen LogP contribution in [0.4, 0.5) is 0 Å². The van der Waals surface area contributed by atoms with Crippen LogP contribution in [-0.4, -0.2) is 26.8 Å². The summed E-state index contributed by atoms with van der Waals surface area (Å²) in [6.45, 7) is 2.55. The number of hydrogen-bond acceptors (Lipinski definition) is 2. The van der Waals surface area contributed by atoms with Crippen molar-refractivity contribution in [1.82, 2.24) is 5.32 Å². The SMILES string of the molecule is COCCNCC=Cc1ccccc1. The maximum Gasteiger partial charge on any atom is 0.0587 e. The van der Waals surface area contributed by atoms with Crippen LogP contribution in [0, 0.1) is 0 Å². The van der Waals surface area contributed by atoms with Crippen molar-refractivity contribution in [1.29, 1.82) is 0 Å². The molecular weight excluding hydrogens is 174 g/mol. The summed E-state index contributed by atoms with van der Waals surface area (Å²) in [6.07, 6.45) is 4.23. The summed E-state index contributed by atoms with van der Waals surface area (Å²) in [6, 6.07) is 10.3. The molecule has 0 aromatic heterocycles. The number of ether oxygens (including phenoxy) is 1. The lowest BCUT2D eigenvalue weighted by Crippen LogP contribution is -2.18. The van der Waals surface area contributed by atoms with Crippen molar-refractivity contribution in [2.75, 3.05) is 26.8 Å². The average Bonchev–Trinajstić information content (AvgIpc) is 2.25. The van der Waals surface area contributed by atoms with Gasteiger partial charge in [-0.05, 0) is 5.56 Å². The van der Waals surface area contributed by atoms with Gasteiger partial charge < -0.3 is 10.1 Å². The van der Waals surface area contributed by atoms with Gasteiger partial charge in [-0.15, -0.1) is 0 Å². The molecular formula is C12H17NO. The molecule has 0 fully saturated rings. The van der Waals surface area contributed by atoms with Crippen LogP contribution in [0.1, 0.15) is 5.56 Å². The first-order valence-corrected chi connectivity index (χ1v) is 4.84. The predicted molar refractivity (Wildman–Crippen MR) is 60.2 cm³/mol. The maximum absolute atomic E-state index is 4.92. The molecule has 1 N–H and O–H groups in total.